The first-order valence-corrected chi connectivity index (χ1v) is 5.29. The number of phenols is 1. The van der Waals surface area contributed by atoms with Crippen molar-refractivity contribution in [1.29, 1.82) is 0 Å². The molecule has 0 spiro atoms. The van der Waals surface area contributed by atoms with Gasteiger partial charge in [0.15, 0.2) is 0 Å². The number of phenolic OH excluding ortho intramolecular Hbond substituents is 1. The monoisotopic (exact) mass is 234 g/mol. The van der Waals surface area contributed by atoms with Gasteiger partial charge in [-0.15, -0.1) is 0 Å². The summed E-state index contributed by atoms with van der Waals surface area (Å²) >= 11 is 6.00. The zero-order chi connectivity index (χ0) is 11.4. The Bertz CT molecular complexity index is 466. The lowest BCUT2D eigenvalue weighted by atomic mass is 10.2. The van der Waals surface area contributed by atoms with Crippen molar-refractivity contribution in [2.24, 2.45) is 0 Å². The third kappa shape index (κ3) is 2.67. The van der Waals surface area contributed by atoms with Gasteiger partial charge in [0.25, 0.3) is 0 Å². The van der Waals surface area contributed by atoms with Gasteiger partial charge in [0.1, 0.15) is 18.1 Å². The molecule has 0 radical (unpaired) electrons. The predicted molar refractivity (Wildman–Crippen MR) is 63.9 cm³/mol. The van der Waals surface area contributed by atoms with Gasteiger partial charge in [-0.1, -0.05) is 29.8 Å². The summed E-state index contributed by atoms with van der Waals surface area (Å²) in [5, 5.41) is 9.81. The highest BCUT2D eigenvalue weighted by Crippen LogP contribution is 2.20. The van der Waals surface area contributed by atoms with Crippen LogP contribution in [0.2, 0.25) is 5.02 Å². The number of halogens is 1. The van der Waals surface area contributed by atoms with Crippen molar-refractivity contribution < 1.29 is 9.84 Å². The van der Waals surface area contributed by atoms with Gasteiger partial charge in [0.05, 0.1) is 0 Å². The van der Waals surface area contributed by atoms with Crippen molar-refractivity contribution in [3.8, 4) is 11.5 Å². The molecule has 2 aromatic rings. The number of benzene rings is 2. The van der Waals surface area contributed by atoms with E-state index < -0.39 is 0 Å². The molecule has 0 bridgehead atoms. The molecule has 2 rings (SSSR count). The van der Waals surface area contributed by atoms with E-state index in [0.717, 1.165) is 5.56 Å². The van der Waals surface area contributed by atoms with Gasteiger partial charge in [-0.3, -0.25) is 0 Å². The summed E-state index contributed by atoms with van der Waals surface area (Å²) < 4.78 is 5.53. The second-order valence-corrected chi connectivity index (χ2v) is 3.78. The SMILES string of the molecule is Oc1ccc(OCc2ccccc2Cl)cc1. The number of ether oxygens (including phenoxy) is 1. The van der Waals surface area contributed by atoms with E-state index in [0.29, 0.717) is 17.4 Å². The second-order valence-electron chi connectivity index (χ2n) is 3.37. The van der Waals surface area contributed by atoms with Gasteiger partial charge in [0.2, 0.25) is 0 Å². The first kappa shape index (κ1) is 10.8. The topological polar surface area (TPSA) is 29.5 Å². The summed E-state index contributed by atoms with van der Waals surface area (Å²) in [6.45, 7) is 0.421. The van der Waals surface area contributed by atoms with E-state index in [2.05, 4.69) is 0 Å². The van der Waals surface area contributed by atoms with E-state index in [1.165, 1.54) is 0 Å². The minimum Gasteiger partial charge on any atom is -0.508 e. The Morgan fingerprint density at radius 3 is 2.38 bits per heavy atom. The molecule has 0 saturated carbocycles. The highest BCUT2D eigenvalue weighted by molar-refractivity contribution is 6.31. The molecule has 16 heavy (non-hydrogen) atoms. The molecule has 1 N–H and O–H groups in total. The summed E-state index contributed by atoms with van der Waals surface area (Å²) in [5.74, 6) is 0.933. The van der Waals surface area contributed by atoms with Crippen molar-refractivity contribution in [3.63, 3.8) is 0 Å². The van der Waals surface area contributed by atoms with Crippen molar-refractivity contribution in [2.75, 3.05) is 0 Å². The molecular formula is C13H11ClO2. The molecule has 0 aliphatic heterocycles. The summed E-state index contributed by atoms with van der Waals surface area (Å²) in [4.78, 5) is 0. The van der Waals surface area contributed by atoms with Crippen LogP contribution >= 0.6 is 11.6 Å². The number of hydrogen-bond acceptors (Lipinski definition) is 2. The number of rotatable bonds is 3. The van der Waals surface area contributed by atoms with Crippen LogP contribution in [0, 0.1) is 0 Å². The zero-order valence-corrected chi connectivity index (χ0v) is 9.32. The fraction of sp³-hybridized carbons (Fsp3) is 0.0769. The summed E-state index contributed by atoms with van der Waals surface area (Å²) in [7, 11) is 0. The zero-order valence-electron chi connectivity index (χ0n) is 8.56. The van der Waals surface area contributed by atoms with Crippen LogP contribution in [-0.4, -0.2) is 5.11 Å². The van der Waals surface area contributed by atoms with Crippen LogP contribution in [0.4, 0.5) is 0 Å². The molecule has 0 amide bonds. The predicted octanol–water partition coefficient (Wildman–Crippen LogP) is 3.62. The Morgan fingerprint density at radius 1 is 1.00 bits per heavy atom. The van der Waals surface area contributed by atoms with Gasteiger partial charge in [-0.05, 0) is 30.3 Å². The second kappa shape index (κ2) is 4.90. The van der Waals surface area contributed by atoms with Crippen molar-refractivity contribution in [1.82, 2.24) is 0 Å². The van der Waals surface area contributed by atoms with Crippen LogP contribution in [0.3, 0.4) is 0 Å². The van der Waals surface area contributed by atoms with Gasteiger partial charge in [-0.2, -0.15) is 0 Å². The Morgan fingerprint density at radius 2 is 1.69 bits per heavy atom. The first-order chi connectivity index (χ1) is 7.75. The standard InChI is InChI=1S/C13H11ClO2/c14-13-4-2-1-3-10(13)9-16-12-7-5-11(15)6-8-12/h1-8,15H,9H2. The van der Waals surface area contributed by atoms with Gasteiger partial charge in [-0.25, -0.2) is 0 Å². The Hall–Kier alpha value is -1.67. The van der Waals surface area contributed by atoms with Crippen molar-refractivity contribution >= 4 is 11.6 Å². The molecule has 0 atom stereocenters. The summed E-state index contributed by atoms with van der Waals surface area (Å²) in [6.07, 6.45) is 0. The molecular weight excluding hydrogens is 224 g/mol. The van der Waals surface area contributed by atoms with E-state index in [1.54, 1.807) is 24.3 Å². The highest BCUT2D eigenvalue weighted by Gasteiger charge is 2.00. The molecule has 0 saturated heterocycles. The third-order valence-corrected chi connectivity index (χ3v) is 2.56. The lowest BCUT2D eigenvalue weighted by molar-refractivity contribution is 0.306. The smallest absolute Gasteiger partial charge is 0.120 e. The summed E-state index contributed by atoms with van der Waals surface area (Å²) in [5.41, 5.74) is 0.942. The Balaban J connectivity index is 2.02. The van der Waals surface area contributed by atoms with E-state index in [4.69, 9.17) is 21.4 Å². The van der Waals surface area contributed by atoms with Gasteiger partial charge in [0, 0.05) is 10.6 Å². The lowest BCUT2D eigenvalue weighted by Crippen LogP contribution is -1.95. The van der Waals surface area contributed by atoms with Gasteiger partial charge >= 0.3 is 0 Å². The molecule has 3 heteroatoms. The summed E-state index contributed by atoms with van der Waals surface area (Å²) in [6, 6.07) is 14.1. The van der Waals surface area contributed by atoms with Crippen molar-refractivity contribution in [3.05, 3.63) is 59.1 Å². The Labute approximate surface area is 99.1 Å². The maximum atomic E-state index is 9.11. The van der Waals surface area contributed by atoms with E-state index in [-0.39, 0.29) is 5.75 Å². The maximum Gasteiger partial charge on any atom is 0.120 e. The molecule has 0 aliphatic carbocycles. The number of aromatic hydroxyl groups is 1. The average molecular weight is 235 g/mol. The largest absolute Gasteiger partial charge is 0.508 e. The first-order valence-electron chi connectivity index (χ1n) is 4.91. The van der Waals surface area contributed by atoms with Crippen LogP contribution < -0.4 is 4.74 Å². The van der Waals surface area contributed by atoms with Crippen LogP contribution in [0.5, 0.6) is 11.5 Å². The van der Waals surface area contributed by atoms with Crippen LogP contribution in [0.25, 0.3) is 0 Å². The highest BCUT2D eigenvalue weighted by atomic mass is 35.5. The maximum absolute atomic E-state index is 9.11. The molecule has 0 aromatic heterocycles. The quantitative estimate of drug-likeness (QED) is 0.879. The molecule has 0 unspecified atom stereocenters. The van der Waals surface area contributed by atoms with Crippen LogP contribution in [-0.2, 0) is 6.61 Å². The minimum atomic E-state index is 0.227. The fourth-order valence-electron chi connectivity index (χ4n) is 1.32. The third-order valence-electron chi connectivity index (χ3n) is 2.19. The molecule has 0 aliphatic rings. The van der Waals surface area contributed by atoms with Gasteiger partial charge < -0.3 is 9.84 Å². The average Bonchev–Trinajstić information content (AvgIpc) is 2.30. The molecule has 2 aromatic carbocycles. The van der Waals surface area contributed by atoms with Crippen molar-refractivity contribution in [2.45, 2.75) is 6.61 Å². The minimum absolute atomic E-state index is 0.227. The normalized spacial score (nSPS) is 10.1. The molecule has 82 valence electrons. The number of hydrogen-bond donors (Lipinski definition) is 1. The molecule has 0 heterocycles. The lowest BCUT2D eigenvalue weighted by Gasteiger charge is -2.07. The van der Waals surface area contributed by atoms with E-state index in [1.807, 2.05) is 24.3 Å². The fourth-order valence-corrected chi connectivity index (χ4v) is 1.51. The molecule has 0 fully saturated rings. The van der Waals surface area contributed by atoms with E-state index in [9.17, 15) is 0 Å². The van der Waals surface area contributed by atoms with Crippen LogP contribution in [0.15, 0.2) is 48.5 Å². The van der Waals surface area contributed by atoms with Crippen LogP contribution in [0.1, 0.15) is 5.56 Å². The Kier molecular flexibility index (Phi) is 3.32. The molecule has 2 nitrogen and oxygen atoms in total. The van der Waals surface area contributed by atoms with E-state index >= 15 is 0 Å².